The molecule has 1 unspecified atom stereocenters. The molecule has 19 heteroatoms. The zero-order valence-corrected chi connectivity index (χ0v) is 35.8. The molecule has 0 fully saturated rings. The first-order valence-electron chi connectivity index (χ1n) is 20.3. The molecule has 336 valence electrons. The van der Waals surface area contributed by atoms with Gasteiger partial charge >= 0.3 is 12.4 Å². The van der Waals surface area contributed by atoms with Crippen molar-refractivity contribution in [3.8, 4) is 0 Å². The normalized spacial score (nSPS) is 16.5. The summed E-state index contributed by atoms with van der Waals surface area (Å²) in [6, 6.07) is 16.6. The number of alkyl halides is 6. The highest BCUT2D eigenvalue weighted by molar-refractivity contribution is 7.99. The molecular formula is C48H28F6N4O8S. The predicted molar refractivity (Wildman–Crippen MR) is 227 cm³/mol. The zero-order chi connectivity index (χ0) is 48.1. The average Bonchev–Trinajstić information content (AvgIpc) is 3.26. The van der Waals surface area contributed by atoms with E-state index < -0.39 is 121 Å². The SMILES string of the molecule is Cc1cccc(Sc2cccc(N3C(=O)c4c(C(F)(F)F)cc5c6c(cc(C(F)(F)F)c(c46)C3=O)C(=O)N(N3C(=O)c4ccc6c7c(ccc(c47)C3=O)C(=O)N(C(C)C(C)C)C6=O)C5=O)c2)c1. The van der Waals surface area contributed by atoms with Crippen LogP contribution in [0.2, 0.25) is 0 Å². The lowest BCUT2D eigenvalue weighted by Crippen LogP contribution is -2.58. The molecule has 6 aromatic carbocycles. The van der Waals surface area contributed by atoms with Crippen molar-refractivity contribution in [1.29, 1.82) is 0 Å². The van der Waals surface area contributed by atoms with E-state index in [4.69, 9.17) is 0 Å². The van der Waals surface area contributed by atoms with Gasteiger partial charge in [-0.15, -0.1) is 0 Å². The van der Waals surface area contributed by atoms with Gasteiger partial charge in [0.15, 0.2) is 0 Å². The lowest BCUT2D eigenvalue weighted by molar-refractivity contribution is -0.138. The minimum atomic E-state index is -5.61. The third-order valence-electron chi connectivity index (χ3n) is 12.5. The predicted octanol–water partition coefficient (Wildman–Crippen LogP) is 9.74. The highest BCUT2D eigenvalue weighted by Crippen LogP contribution is 2.50. The summed E-state index contributed by atoms with van der Waals surface area (Å²) in [5.74, 6) is -11.6. The maximum atomic E-state index is 15.3. The molecule has 0 aromatic heterocycles. The molecule has 0 N–H and O–H groups in total. The summed E-state index contributed by atoms with van der Waals surface area (Å²) in [5, 5.41) is -2.73. The number of imide groups is 4. The minimum absolute atomic E-state index is 0.0353. The first kappa shape index (κ1) is 43.2. The smallest absolute Gasteiger partial charge is 0.271 e. The first-order valence-corrected chi connectivity index (χ1v) is 21.1. The number of hydrazine groups is 1. The summed E-state index contributed by atoms with van der Waals surface area (Å²) in [7, 11) is 0. The van der Waals surface area contributed by atoms with Gasteiger partial charge in [-0.05, 0) is 86.5 Å². The Balaban J connectivity index is 1.13. The molecule has 4 aliphatic heterocycles. The summed E-state index contributed by atoms with van der Waals surface area (Å²) < 4.78 is 91.9. The van der Waals surface area contributed by atoms with Crippen molar-refractivity contribution in [3.05, 3.63) is 146 Å². The molecule has 4 aliphatic rings. The van der Waals surface area contributed by atoms with Crippen molar-refractivity contribution in [2.75, 3.05) is 4.90 Å². The van der Waals surface area contributed by atoms with Gasteiger partial charge in [-0.1, -0.05) is 49.4 Å². The van der Waals surface area contributed by atoms with Gasteiger partial charge in [0.1, 0.15) is 0 Å². The fourth-order valence-corrected chi connectivity index (χ4v) is 10.1. The van der Waals surface area contributed by atoms with Crippen molar-refractivity contribution >= 4 is 86.3 Å². The summed E-state index contributed by atoms with van der Waals surface area (Å²) in [6.07, 6.45) is -11.2. The van der Waals surface area contributed by atoms with Crippen molar-refractivity contribution in [1.82, 2.24) is 14.9 Å². The number of amides is 8. The highest BCUT2D eigenvalue weighted by Gasteiger charge is 2.53. The van der Waals surface area contributed by atoms with Crippen LogP contribution in [0.3, 0.4) is 0 Å². The Hall–Kier alpha value is -7.67. The Morgan fingerprint density at radius 1 is 0.463 bits per heavy atom. The van der Waals surface area contributed by atoms with Gasteiger partial charge in [0, 0.05) is 48.5 Å². The molecule has 8 amide bonds. The first-order chi connectivity index (χ1) is 31.5. The maximum Gasteiger partial charge on any atom is 0.417 e. The van der Waals surface area contributed by atoms with Crippen LogP contribution in [0.25, 0.3) is 21.5 Å². The van der Waals surface area contributed by atoms with Gasteiger partial charge in [-0.25, -0.2) is 4.90 Å². The maximum absolute atomic E-state index is 15.3. The second kappa shape index (κ2) is 14.4. The number of benzene rings is 6. The van der Waals surface area contributed by atoms with Crippen LogP contribution >= 0.6 is 11.8 Å². The minimum Gasteiger partial charge on any atom is -0.271 e. The Morgan fingerprint density at radius 3 is 1.30 bits per heavy atom. The van der Waals surface area contributed by atoms with E-state index in [0.29, 0.717) is 9.79 Å². The quantitative estimate of drug-likeness (QED) is 0.118. The zero-order valence-electron chi connectivity index (χ0n) is 35.0. The lowest BCUT2D eigenvalue weighted by Gasteiger charge is -2.39. The van der Waals surface area contributed by atoms with Crippen LogP contribution in [0.15, 0.2) is 94.7 Å². The largest absolute Gasteiger partial charge is 0.417 e. The second-order valence-electron chi connectivity index (χ2n) is 16.7. The van der Waals surface area contributed by atoms with E-state index in [-0.39, 0.29) is 60.6 Å². The van der Waals surface area contributed by atoms with Gasteiger partial charge in [-0.3, -0.25) is 43.3 Å². The molecule has 0 aliphatic carbocycles. The Kier molecular flexibility index (Phi) is 9.30. The topological polar surface area (TPSA) is 150 Å². The number of hydrogen-bond acceptors (Lipinski definition) is 9. The van der Waals surface area contributed by atoms with Crippen LogP contribution in [0.5, 0.6) is 0 Å². The molecule has 0 bridgehead atoms. The number of aryl methyl sites for hydroxylation is 1. The van der Waals surface area contributed by atoms with Crippen molar-refractivity contribution in [3.63, 3.8) is 0 Å². The van der Waals surface area contributed by atoms with E-state index in [1.165, 1.54) is 24.3 Å². The second-order valence-corrected chi connectivity index (χ2v) is 17.8. The number of anilines is 1. The summed E-state index contributed by atoms with van der Waals surface area (Å²) in [5.41, 5.74) is -9.65. The molecular weight excluding hydrogens is 907 g/mol. The van der Waals surface area contributed by atoms with Crippen LogP contribution in [0.4, 0.5) is 32.0 Å². The molecule has 1 atom stereocenters. The monoisotopic (exact) mass is 934 g/mol. The Bertz CT molecular complexity index is 3260. The van der Waals surface area contributed by atoms with Crippen molar-refractivity contribution in [2.45, 2.75) is 55.9 Å². The standard InChI is InChI=1S/C48H28F6N4O8S/c1-19(2)21(4)55-39(59)25-11-13-27-34-28(14-12-26(33(25)34)40(55)60)42(62)57(41(27)61)58-43(63)29-17-31(47(49,50)51)36-38-35(29)30(44(58)64)18-32(48(52,53)54)37(38)46(66)56(45(36)65)22-8-6-10-24(16-22)67-23-9-5-7-20(3)15-23/h5-19,21H,1-4H3. The molecule has 10 rings (SSSR count). The molecule has 0 spiro atoms. The number of hydrogen-bond donors (Lipinski definition) is 0. The van der Waals surface area contributed by atoms with Crippen LogP contribution in [0, 0.1) is 12.8 Å². The van der Waals surface area contributed by atoms with Gasteiger partial charge in [0.05, 0.1) is 50.2 Å². The van der Waals surface area contributed by atoms with Gasteiger partial charge in [-0.2, -0.15) is 36.4 Å². The van der Waals surface area contributed by atoms with E-state index >= 15 is 26.3 Å². The average molecular weight is 935 g/mol. The lowest BCUT2D eigenvalue weighted by atomic mass is 9.81. The van der Waals surface area contributed by atoms with Crippen LogP contribution in [0.1, 0.15) is 120 Å². The molecule has 67 heavy (non-hydrogen) atoms. The fraction of sp³-hybridized carbons (Fsp3) is 0.167. The van der Waals surface area contributed by atoms with Gasteiger partial charge < -0.3 is 0 Å². The summed E-state index contributed by atoms with van der Waals surface area (Å²) in [6.45, 7) is 7.05. The van der Waals surface area contributed by atoms with Crippen LogP contribution in [-0.2, 0) is 12.4 Å². The van der Waals surface area contributed by atoms with E-state index in [0.717, 1.165) is 40.4 Å². The summed E-state index contributed by atoms with van der Waals surface area (Å²) in [4.78, 5) is 117. The molecule has 0 radical (unpaired) electrons. The van der Waals surface area contributed by atoms with E-state index in [2.05, 4.69) is 0 Å². The fourth-order valence-electron chi connectivity index (χ4n) is 9.15. The van der Waals surface area contributed by atoms with Crippen LogP contribution in [-0.4, -0.2) is 68.2 Å². The Morgan fingerprint density at radius 2 is 0.866 bits per heavy atom. The number of halogens is 6. The third-order valence-corrected chi connectivity index (χ3v) is 13.5. The van der Waals surface area contributed by atoms with Crippen molar-refractivity contribution in [2.24, 2.45) is 5.92 Å². The number of rotatable bonds is 6. The molecule has 0 saturated carbocycles. The molecule has 12 nitrogen and oxygen atoms in total. The number of carbonyl (C=O) groups excluding carboxylic acids is 8. The van der Waals surface area contributed by atoms with E-state index in [1.807, 2.05) is 13.0 Å². The summed E-state index contributed by atoms with van der Waals surface area (Å²) >= 11 is 1.14. The van der Waals surface area contributed by atoms with E-state index in [1.54, 1.807) is 45.0 Å². The molecule has 6 aromatic rings. The third kappa shape index (κ3) is 6.09. The van der Waals surface area contributed by atoms with Gasteiger partial charge in [0.25, 0.3) is 47.3 Å². The Labute approximate surface area is 377 Å². The number of carbonyl (C=O) groups is 8. The molecule has 0 saturated heterocycles. The van der Waals surface area contributed by atoms with Crippen molar-refractivity contribution < 1.29 is 64.7 Å². The molecule has 4 heterocycles. The number of nitrogens with zero attached hydrogens (tertiary/aromatic N) is 4. The van der Waals surface area contributed by atoms with E-state index in [9.17, 15) is 38.4 Å². The highest BCUT2D eigenvalue weighted by atomic mass is 32.2. The van der Waals surface area contributed by atoms with Gasteiger partial charge in [0.2, 0.25) is 0 Å². The van der Waals surface area contributed by atoms with Crippen LogP contribution < -0.4 is 4.90 Å².